The van der Waals surface area contributed by atoms with Crippen molar-refractivity contribution in [2.45, 2.75) is 52.1 Å². The van der Waals surface area contributed by atoms with E-state index in [1.807, 2.05) is 30.9 Å². The molecule has 1 aliphatic heterocycles. The standard InChI is InChI=1S/C21H31F3N4O2/c1-15(2)19(29)28-9-7-18(8-10-28)27-20(25-3)26-12-16-5-4-6-17(11-16)13-30-14-21(22,23)24/h4-6,11,15,18H,7-10,12-14H2,1-3H3,(H2,25,26,27). The van der Waals surface area contributed by atoms with E-state index in [1.165, 1.54) is 0 Å². The van der Waals surface area contributed by atoms with E-state index in [0.717, 1.165) is 31.5 Å². The maximum Gasteiger partial charge on any atom is 0.411 e. The average Bonchev–Trinajstić information content (AvgIpc) is 2.70. The van der Waals surface area contributed by atoms with Crippen molar-refractivity contribution in [2.24, 2.45) is 10.9 Å². The van der Waals surface area contributed by atoms with Gasteiger partial charge in [-0.15, -0.1) is 0 Å². The van der Waals surface area contributed by atoms with E-state index in [-0.39, 0.29) is 24.5 Å². The zero-order valence-corrected chi connectivity index (χ0v) is 17.8. The molecule has 2 N–H and O–H groups in total. The maximum atomic E-state index is 12.2. The lowest BCUT2D eigenvalue weighted by atomic mass is 10.0. The van der Waals surface area contributed by atoms with Crippen LogP contribution < -0.4 is 10.6 Å². The lowest BCUT2D eigenvalue weighted by molar-refractivity contribution is -0.176. The number of alkyl halides is 3. The minimum absolute atomic E-state index is 0.0126. The Kier molecular flexibility index (Phi) is 8.95. The van der Waals surface area contributed by atoms with Crippen LogP contribution in [0.25, 0.3) is 0 Å². The molecule has 0 aromatic heterocycles. The van der Waals surface area contributed by atoms with Crippen molar-refractivity contribution >= 4 is 11.9 Å². The van der Waals surface area contributed by atoms with Crippen LogP contribution in [0.3, 0.4) is 0 Å². The van der Waals surface area contributed by atoms with Gasteiger partial charge in [0.2, 0.25) is 5.91 Å². The molecule has 168 valence electrons. The van der Waals surface area contributed by atoms with Crippen molar-refractivity contribution in [2.75, 3.05) is 26.7 Å². The van der Waals surface area contributed by atoms with Crippen LogP contribution in [-0.4, -0.2) is 55.7 Å². The Bertz CT molecular complexity index is 714. The molecule has 30 heavy (non-hydrogen) atoms. The van der Waals surface area contributed by atoms with Gasteiger partial charge in [0.05, 0.1) is 6.61 Å². The first-order chi connectivity index (χ1) is 14.2. The third-order valence-electron chi connectivity index (χ3n) is 4.85. The summed E-state index contributed by atoms with van der Waals surface area (Å²) in [5.74, 6) is 0.857. The number of rotatable bonds is 7. The van der Waals surface area contributed by atoms with E-state index in [1.54, 1.807) is 19.2 Å². The Morgan fingerprint density at radius 1 is 1.27 bits per heavy atom. The number of carbonyl (C=O) groups is 1. The van der Waals surface area contributed by atoms with Crippen LogP contribution in [-0.2, 0) is 22.7 Å². The van der Waals surface area contributed by atoms with E-state index >= 15 is 0 Å². The van der Waals surface area contributed by atoms with E-state index in [2.05, 4.69) is 15.6 Å². The second-order valence-electron chi connectivity index (χ2n) is 7.75. The molecule has 0 unspecified atom stereocenters. The van der Waals surface area contributed by atoms with E-state index in [9.17, 15) is 18.0 Å². The topological polar surface area (TPSA) is 66.0 Å². The molecule has 0 saturated carbocycles. The molecule has 1 aromatic carbocycles. The third kappa shape index (κ3) is 8.22. The molecule has 0 spiro atoms. The number of benzene rings is 1. The van der Waals surface area contributed by atoms with Crippen molar-refractivity contribution in [3.63, 3.8) is 0 Å². The molecule has 0 aliphatic carbocycles. The van der Waals surface area contributed by atoms with Crippen molar-refractivity contribution in [3.8, 4) is 0 Å². The van der Waals surface area contributed by atoms with Gasteiger partial charge < -0.3 is 20.3 Å². The van der Waals surface area contributed by atoms with Crippen molar-refractivity contribution in [1.29, 1.82) is 0 Å². The fourth-order valence-electron chi connectivity index (χ4n) is 3.30. The van der Waals surface area contributed by atoms with Crippen LogP contribution in [0, 0.1) is 5.92 Å². The molecule has 0 atom stereocenters. The number of amides is 1. The van der Waals surface area contributed by atoms with Gasteiger partial charge in [-0.1, -0.05) is 38.1 Å². The monoisotopic (exact) mass is 428 g/mol. The van der Waals surface area contributed by atoms with E-state index < -0.39 is 12.8 Å². The van der Waals surface area contributed by atoms with Gasteiger partial charge in [-0.2, -0.15) is 13.2 Å². The number of ether oxygens (including phenoxy) is 1. The Labute approximate surface area is 175 Å². The predicted molar refractivity (Wildman–Crippen MR) is 110 cm³/mol. The highest BCUT2D eigenvalue weighted by molar-refractivity contribution is 5.80. The minimum atomic E-state index is -4.32. The molecule has 1 aromatic rings. The second-order valence-corrected chi connectivity index (χ2v) is 7.75. The first-order valence-electron chi connectivity index (χ1n) is 10.2. The summed E-state index contributed by atoms with van der Waals surface area (Å²) >= 11 is 0. The van der Waals surface area contributed by atoms with Crippen LogP contribution in [0.4, 0.5) is 13.2 Å². The molecular weight excluding hydrogens is 397 g/mol. The highest BCUT2D eigenvalue weighted by Gasteiger charge is 2.27. The van der Waals surface area contributed by atoms with Gasteiger partial charge >= 0.3 is 6.18 Å². The van der Waals surface area contributed by atoms with E-state index in [0.29, 0.717) is 18.1 Å². The summed E-state index contributed by atoms with van der Waals surface area (Å²) in [5.41, 5.74) is 1.60. The highest BCUT2D eigenvalue weighted by Crippen LogP contribution is 2.16. The number of guanidine groups is 1. The fourth-order valence-corrected chi connectivity index (χ4v) is 3.30. The summed E-state index contributed by atoms with van der Waals surface area (Å²) in [4.78, 5) is 18.2. The number of hydrogen-bond acceptors (Lipinski definition) is 3. The van der Waals surface area contributed by atoms with Gasteiger partial charge in [-0.3, -0.25) is 9.79 Å². The molecule has 2 rings (SSSR count). The maximum absolute atomic E-state index is 12.2. The summed E-state index contributed by atoms with van der Waals surface area (Å²) < 4.78 is 41.3. The molecule has 0 bridgehead atoms. The van der Waals surface area contributed by atoms with Gasteiger partial charge in [0, 0.05) is 38.6 Å². The quantitative estimate of drug-likeness (QED) is 0.518. The van der Waals surface area contributed by atoms with Crippen LogP contribution in [0.15, 0.2) is 29.3 Å². The Morgan fingerprint density at radius 2 is 1.93 bits per heavy atom. The number of aliphatic imine (C=N–C) groups is 1. The highest BCUT2D eigenvalue weighted by atomic mass is 19.4. The summed E-state index contributed by atoms with van der Waals surface area (Å²) in [5, 5.41) is 6.61. The van der Waals surface area contributed by atoms with Gasteiger partial charge in [-0.25, -0.2) is 0 Å². The molecule has 9 heteroatoms. The summed E-state index contributed by atoms with van der Waals surface area (Å²) in [6.45, 7) is 4.42. The Balaban J connectivity index is 1.78. The van der Waals surface area contributed by atoms with Crippen LogP contribution >= 0.6 is 0 Å². The van der Waals surface area contributed by atoms with E-state index in [4.69, 9.17) is 4.74 Å². The summed E-state index contributed by atoms with van der Waals surface area (Å²) in [6.07, 6.45) is -2.62. The van der Waals surface area contributed by atoms with Gasteiger partial charge in [-0.05, 0) is 24.0 Å². The number of nitrogens with zero attached hydrogens (tertiary/aromatic N) is 2. The van der Waals surface area contributed by atoms with Gasteiger partial charge in [0.1, 0.15) is 6.61 Å². The number of nitrogens with one attached hydrogen (secondary N) is 2. The normalized spacial score (nSPS) is 16.1. The second kappa shape index (κ2) is 11.2. The number of carbonyl (C=O) groups excluding carboxylic acids is 1. The predicted octanol–water partition coefficient (Wildman–Crippen LogP) is 3.08. The molecule has 1 fully saturated rings. The lowest BCUT2D eigenvalue weighted by Crippen LogP contribution is -2.50. The lowest BCUT2D eigenvalue weighted by Gasteiger charge is -2.34. The first-order valence-corrected chi connectivity index (χ1v) is 10.2. The molecule has 1 aliphatic rings. The largest absolute Gasteiger partial charge is 0.411 e. The Hall–Kier alpha value is -2.29. The zero-order chi connectivity index (χ0) is 22.1. The van der Waals surface area contributed by atoms with Crippen LogP contribution in [0.1, 0.15) is 37.8 Å². The Morgan fingerprint density at radius 3 is 2.53 bits per heavy atom. The molecule has 1 heterocycles. The minimum Gasteiger partial charge on any atom is -0.367 e. The van der Waals surface area contributed by atoms with Gasteiger partial charge in [0.15, 0.2) is 5.96 Å². The molecule has 6 nitrogen and oxygen atoms in total. The van der Waals surface area contributed by atoms with Gasteiger partial charge in [0.25, 0.3) is 0 Å². The SMILES string of the molecule is CN=C(NCc1cccc(COCC(F)(F)F)c1)NC1CCN(C(=O)C(C)C)CC1. The number of hydrogen-bond donors (Lipinski definition) is 2. The first kappa shape index (κ1) is 24.0. The van der Waals surface area contributed by atoms with Crippen molar-refractivity contribution in [3.05, 3.63) is 35.4 Å². The molecular formula is C21H31F3N4O2. The molecule has 1 saturated heterocycles. The smallest absolute Gasteiger partial charge is 0.367 e. The summed E-state index contributed by atoms with van der Waals surface area (Å²) in [7, 11) is 1.69. The molecule has 1 amide bonds. The average molecular weight is 428 g/mol. The summed E-state index contributed by atoms with van der Waals surface area (Å²) in [6, 6.07) is 7.46. The number of halogens is 3. The number of likely N-dealkylation sites (tertiary alicyclic amines) is 1. The number of piperidine rings is 1. The zero-order valence-electron chi connectivity index (χ0n) is 17.8. The third-order valence-corrected chi connectivity index (χ3v) is 4.85. The fraction of sp³-hybridized carbons (Fsp3) is 0.619. The van der Waals surface area contributed by atoms with Crippen molar-refractivity contribution in [1.82, 2.24) is 15.5 Å². The van der Waals surface area contributed by atoms with Crippen molar-refractivity contribution < 1.29 is 22.7 Å². The van der Waals surface area contributed by atoms with Crippen LogP contribution in [0.2, 0.25) is 0 Å². The van der Waals surface area contributed by atoms with Crippen LogP contribution in [0.5, 0.6) is 0 Å². The molecule has 0 radical (unpaired) electrons.